The second kappa shape index (κ2) is 12.2. The zero-order valence-electron chi connectivity index (χ0n) is 20.7. The third-order valence-corrected chi connectivity index (χ3v) is 6.32. The van der Waals surface area contributed by atoms with Gasteiger partial charge in [0.05, 0.1) is 13.1 Å². The average Bonchev–Trinajstić information content (AvgIpc) is 2.81. The molecule has 1 fully saturated rings. The van der Waals surface area contributed by atoms with E-state index in [2.05, 4.69) is 16.8 Å². The number of hydrogen-bond acceptors (Lipinski definition) is 5. The van der Waals surface area contributed by atoms with Gasteiger partial charge in [-0.25, -0.2) is 0 Å². The monoisotopic (exact) mass is 454 g/mol. The third kappa shape index (κ3) is 7.20. The lowest BCUT2D eigenvalue weighted by molar-refractivity contribution is -0.131. The summed E-state index contributed by atoms with van der Waals surface area (Å²) in [5.41, 5.74) is 4.51. The molecular formula is C26H38N4O3. The molecule has 2 amide bonds. The number of nitrogens with zero attached hydrogens (tertiary/aromatic N) is 3. The van der Waals surface area contributed by atoms with Crippen molar-refractivity contribution in [2.75, 3.05) is 38.1 Å². The second-order valence-electron chi connectivity index (χ2n) is 8.75. The van der Waals surface area contributed by atoms with Gasteiger partial charge in [0.1, 0.15) is 6.29 Å². The van der Waals surface area contributed by atoms with Crippen LogP contribution < -0.4 is 10.2 Å². The van der Waals surface area contributed by atoms with Gasteiger partial charge < -0.3 is 24.8 Å². The first-order valence-electron chi connectivity index (χ1n) is 11.6. The van der Waals surface area contributed by atoms with Crippen molar-refractivity contribution >= 4 is 29.5 Å². The van der Waals surface area contributed by atoms with Crippen molar-refractivity contribution in [1.29, 1.82) is 0 Å². The molecule has 1 heterocycles. The van der Waals surface area contributed by atoms with E-state index in [0.717, 1.165) is 66.9 Å². The fraction of sp³-hybridized carbons (Fsp3) is 0.500. The van der Waals surface area contributed by atoms with E-state index in [4.69, 9.17) is 0 Å². The summed E-state index contributed by atoms with van der Waals surface area (Å²) in [5.74, 6) is -0.152. The van der Waals surface area contributed by atoms with Crippen LogP contribution in [0.1, 0.15) is 52.5 Å². The van der Waals surface area contributed by atoms with Crippen LogP contribution in [-0.4, -0.2) is 67.2 Å². The highest BCUT2D eigenvalue weighted by Gasteiger charge is 2.26. The minimum atomic E-state index is -0.137. The smallest absolute Gasteiger partial charge is 0.242 e. The molecule has 2 rings (SSSR count). The van der Waals surface area contributed by atoms with Gasteiger partial charge in [-0.15, -0.1) is 0 Å². The Morgan fingerprint density at radius 1 is 1.21 bits per heavy atom. The number of anilines is 1. The van der Waals surface area contributed by atoms with Gasteiger partial charge in [-0.2, -0.15) is 0 Å². The summed E-state index contributed by atoms with van der Waals surface area (Å²) in [6.45, 7) is 13.5. The summed E-state index contributed by atoms with van der Waals surface area (Å²) >= 11 is 0. The maximum Gasteiger partial charge on any atom is 0.242 e. The molecule has 1 aliphatic rings. The van der Waals surface area contributed by atoms with Gasteiger partial charge in [0, 0.05) is 50.2 Å². The minimum Gasteiger partial charge on any atom is -0.375 e. The number of amides is 2. The lowest BCUT2D eigenvalue weighted by Crippen LogP contribution is -2.48. The molecule has 7 heteroatoms. The van der Waals surface area contributed by atoms with Crippen molar-refractivity contribution in [2.45, 2.75) is 53.0 Å². The number of piperidine rings is 1. The first kappa shape index (κ1) is 26.2. The van der Waals surface area contributed by atoms with E-state index < -0.39 is 0 Å². The van der Waals surface area contributed by atoms with Crippen LogP contribution in [-0.2, 0) is 14.4 Å². The molecule has 1 saturated heterocycles. The molecule has 0 saturated carbocycles. The van der Waals surface area contributed by atoms with Gasteiger partial charge in [-0.3, -0.25) is 9.59 Å². The van der Waals surface area contributed by atoms with Crippen LogP contribution in [0, 0.1) is 0 Å². The van der Waals surface area contributed by atoms with E-state index in [1.165, 1.54) is 6.92 Å². The van der Waals surface area contributed by atoms with Gasteiger partial charge in [0.15, 0.2) is 0 Å². The second-order valence-corrected chi connectivity index (χ2v) is 8.75. The normalized spacial score (nSPS) is 14.9. The molecule has 0 aliphatic carbocycles. The summed E-state index contributed by atoms with van der Waals surface area (Å²) in [7, 11) is 1.85. The first-order valence-corrected chi connectivity index (χ1v) is 11.6. The Morgan fingerprint density at radius 2 is 1.88 bits per heavy atom. The Morgan fingerprint density at radius 3 is 2.42 bits per heavy atom. The highest BCUT2D eigenvalue weighted by Crippen LogP contribution is 2.24. The SMILES string of the molecule is C=C(C)N1CCC(N(C)C(=O)CN(CC=O)c2cccc(C(NC(C)=O)=C(C)CC)c2)CC1. The van der Waals surface area contributed by atoms with Crippen molar-refractivity contribution in [3.05, 3.63) is 47.7 Å². The molecule has 1 N–H and O–H groups in total. The summed E-state index contributed by atoms with van der Waals surface area (Å²) in [6, 6.07) is 7.80. The molecule has 1 aromatic rings. The zero-order valence-corrected chi connectivity index (χ0v) is 20.7. The lowest BCUT2D eigenvalue weighted by Gasteiger charge is -2.38. The molecule has 33 heavy (non-hydrogen) atoms. The Labute approximate surface area is 198 Å². The molecule has 0 aromatic heterocycles. The Balaban J connectivity index is 2.19. The molecule has 0 atom stereocenters. The number of carbonyl (C=O) groups excluding carboxylic acids is 3. The number of allylic oxidation sites excluding steroid dienone is 2. The number of nitrogens with one attached hydrogen (secondary N) is 1. The van der Waals surface area contributed by atoms with Crippen LogP contribution >= 0.6 is 0 Å². The predicted octanol–water partition coefficient (Wildman–Crippen LogP) is 3.43. The molecular weight excluding hydrogens is 416 g/mol. The lowest BCUT2D eigenvalue weighted by atomic mass is 10.0. The number of benzene rings is 1. The van der Waals surface area contributed by atoms with E-state index in [-0.39, 0.29) is 30.9 Å². The predicted molar refractivity (Wildman–Crippen MR) is 134 cm³/mol. The summed E-state index contributed by atoms with van der Waals surface area (Å²) in [4.78, 5) is 42.1. The van der Waals surface area contributed by atoms with Crippen LogP contribution in [0.15, 0.2) is 42.1 Å². The molecule has 0 radical (unpaired) electrons. The van der Waals surface area contributed by atoms with Crippen molar-refractivity contribution < 1.29 is 14.4 Å². The van der Waals surface area contributed by atoms with Crippen LogP contribution in [0.2, 0.25) is 0 Å². The highest BCUT2D eigenvalue weighted by atomic mass is 16.2. The minimum absolute atomic E-state index is 0.0154. The molecule has 0 unspecified atom stereocenters. The average molecular weight is 455 g/mol. The number of likely N-dealkylation sites (N-methyl/N-ethyl adjacent to an activating group) is 1. The van der Waals surface area contributed by atoms with E-state index in [0.29, 0.717) is 0 Å². The maximum atomic E-state index is 13.1. The Bertz CT molecular complexity index is 901. The van der Waals surface area contributed by atoms with E-state index in [9.17, 15) is 14.4 Å². The molecule has 180 valence electrons. The standard InChI is InChI=1S/C26H38N4O3/c1-7-20(4)26(27-21(5)32)22-9-8-10-24(17-22)30(15-16-31)18-25(33)28(6)23-11-13-29(14-12-23)19(2)3/h8-10,16-17,23H,2,7,11-15,18H2,1,3-6H3,(H,27,32). The number of likely N-dealkylation sites (tertiary alicyclic amines) is 1. The number of rotatable bonds is 10. The maximum absolute atomic E-state index is 13.1. The molecule has 0 spiro atoms. The van der Waals surface area contributed by atoms with Crippen LogP contribution in [0.4, 0.5) is 5.69 Å². The third-order valence-electron chi connectivity index (χ3n) is 6.32. The number of hydrogen-bond donors (Lipinski definition) is 1. The van der Waals surface area contributed by atoms with Crippen LogP contribution in [0.3, 0.4) is 0 Å². The van der Waals surface area contributed by atoms with E-state index in [1.54, 1.807) is 4.90 Å². The highest BCUT2D eigenvalue weighted by molar-refractivity contribution is 5.87. The summed E-state index contributed by atoms with van der Waals surface area (Å²) in [5, 5.41) is 2.93. The Hall–Kier alpha value is -3.09. The quantitative estimate of drug-likeness (QED) is 0.549. The number of aldehydes is 1. The Kier molecular flexibility index (Phi) is 9.70. The topological polar surface area (TPSA) is 73.0 Å². The molecule has 0 bridgehead atoms. The van der Waals surface area contributed by atoms with Gasteiger partial charge in [-0.05, 0) is 56.4 Å². The summed E-state index contributed by atoms with van der Waals surface area (Å²) in [6.07, 6.45) is 3.41. The first-order chi connectivity index (χ1) is 15.7. The molecule has 7 nitrogen and oxygen atoms in total. The van der Waals surface area contributed by atoms with Crippen molar-refractivity contribution in [2.24, 2.45) is 0 Å². The van der Waals surface area contributed by atoms with E-state index >= 15 is 0 Å². The van der Waals surface area contributed by atoms with E-state index in [1.807, 2.05) is 57.0 Å². The fourth-order valence-electron chi connectivity index (χ4n) is 4.10. The van der Waals surface area contributed by atoms with Crippen LogP contribution in [0.25, 0.3) is 5.70 Å². The van der Waals surface area contributed by atoms with Crippen LogP contribution in [0.5, 0.6) is 0 Å². The van der Waals surface area contributed by atoms with Crippen molar-refractivity contribution in [3.63, 3.8) is 0 Å². The molecule has 1 aromatic carbocycles. The summed E-state index contributed by atoms with van der Waals surface area (Å²) < 4.78 is 0. The van der Waals surface area contributed by atoms with Crippen molar-refractivity contribution in [1.82, 2.24) is 15.1 Å². The van der Waals surface area contributed by atoms with Gasteiger partial charge in [-0.1, -0.05) is 25.6 Å². The largest absolute Gasteiger partial charge is 0.375 e. The van der Waals surface area contributed by atoms with Gasteiger partial charge in [0.2, 0.25) is 11.8 Å². The van der Waals surface area contributed by atoms with Gasteiger partial charge in [0.25, 0.3) is 0 Å². The van der Waals surface area contributed by atoms with Crippen molar-refractivity contribution in [3.8, 4) is 0 Å². The fourth-order valence-corrected chi connectivity index (χ4v) is 4.10. The molecule has 1 aliphatic heterocycles. The zero-order chi connectivity index (χ0) is 24.5. The van der Waals surface area contributed by atoms with Gasteiger partial charge >= 0.3 is 0 Å². The number of carbonyl (C=O) groups is 3.